The number of ether oxygens (including phenoxy) is 2. The van der Waals surface area contributed by atoms with E-state index in [1.54, 1.807) is 0 Å². The molecule has 2 aromatic carbocycles. The molecule has 0 heterocycles. The zero-order valence-electron chi connectivity index (χ0n) is 24.1. The molecule has 43 heavy (non-hydrogen) atoms. The van der Waals surface area contributed by atoms with Gasteiger partial charge in [-0.2, -0.15) is 8.78 Å². The number of rotatable bonds is 7. The lowest BCUT2D eigenvalue weighted by molar-refractivity contribution is -0.224. The molecule has 0 bridgehead atoms. The smallest absolute Gasteiger partial charge is 0.400 e. The summed E-state index contributed by atoms with van der Waals surface area (Å²) in [6, 6.07) is 1.50. The van der Waals surface area contributed by atoms with E-state index in [0.29, 0.717) is 48.9 Å². The van der Waals surface area contributed by atoms with E-state index in [0.717, 1.165) is 30.6 Å². The number of carbonyl (C=O) groups is 1. The van der Waals surface area contributed by atoms with Gasteiger partial charge in [0, 0.05) is 24.3 Å². The van der Waals surface area contributed by atoms with E-state index < -0.39 is 64.1 Å². The molecule has 0 spiro atoms. The molecule has 0 aromatic heterocycles. The summed E-state index contributed by atoms with van der Waals surface area (Å²) in [4.78, 5) is 12.2. The summed E-state index contributed by atoms with van der Waals surface area (Å²) in [5.41, 5.74) is -1.28. The number of halogens is 7. The Morgan fingerprint density at radius 2 is 1.02 bits per heavy atom. The van der Waals surface area contributed by atoms with Crippen LogP contribution in [0.15, 0.2) is 24.3 Å². The maximum absolute atomic E-state index is 15.1. The summed E-state index contributed by atoms with van der Waals surface area (Å²) in [5.74, 6) is -9.38. The van der Waals surface area contributed by atoms with Crippen LogP contribution in [0.1, 0.15) is 94.3 Å². The second-order valence-corrected chi connectivity index (χ2v) is 12.8. The first-order valence-corrected chi connectivity index (χ1v) is 15.3. The Bertz CT molecular complexity index is 1250. The second-order valence-electron chi connectivity index (χ2n) is 12.8. The molecule has 10 heteroatoms. The summed E-state index contributed by atoms with van der Waals surface area (Å²) in [6.45, 7) is 2.33. The molecule has 3 aliphatic rings. The molecule has 0 unspecified atom stereocenters. The van der Waals surface area contributed by atoms with Crippen LogP contribution in [0.25, 0.3) is 0 Å². The molecule has 0 aliphatic heterocycles. The lowest BCUT2D eigenvalue weighted by atomic mass is 9.65. The summed E-state index contributed by atoms with van der Waals surface area (Å²) < 4.78 is 109. The van der Waals surface area contributed by atoms with Crippen LogP contribution in [-0.2, 0) is 0 Å². The Labute approximate surface area is 247 Å². The van der Waals surface area contributed by atoms with Gasteiger partial charge in [0.1, 0.15) is 28.7 Å². The molecular formula is C33H37F7O3. The highest BCUT2D eigenvalue weighted by Gasteiger charge is 2.45. The van der Waals surface area contributed by atoms with Crippen LogP contribution in [0, 0.1) is 64.6 Å². The highest BCUT2D eigenvalue weighted by Crippen LogP contribution is 2.48. The van der Waals surface area contributed by atoms with Gasteiger partial charge in [0.25, 0.3) is 0 Å². The van der Waals surface area contributed by atoms with Crippen molar-refractivity contribution in [3.05, 3.63) is 58.9 Å². The maximum atomic E-state index is 15.1. The van der Waals surface area contributed by atoms with Crippen molar-refractivity contribution < 1.29 is 45.0 Å². The Morgan fingerprint density at radius 1 is 0.628 bits per heavy atom. The molecule has 5 rings (SSSR count). The van der Waals surface area contributed by atoms with Gasteiger partial charge in [0.05, 0.1) is 5.92 Å². The van der Waals surface area contributed by atoms with E-state index in [2.05, 4.69) is 11.7 Å². The van der Waals surface area contributed by atoms with Gasteiger partial charge in [0.15, 0.2) is 17.5 Å². The van der Waals surface area contributed by atoms with Crippen LogP contribution in [0.3, 0.4) is 0 Å². The molecule has 0 atom stereocenters. The fourth-order valence-electron chi connectivity index (χ4n) is 7.57. The molecule has 0 radical (unpaired) electrons. The van der Waals surface area contributed by atoms with Crippen LogP contribution in [0.5, 0.6) is 11.5 Å². The van der Waals surface area contributed by atoms with E-state index in [1.807, 2.05) is 0 Å². The number of benzene rings is 2. The SMILES string of the molecule is CC1CCC(C2CCC(C3CCC(C(F)(F)Oc4cc(F)c(C(=O)Oc5cc(F)c(F)c(F)c5)c(F)c4)CC3)CC2)CC1. The third-order valence-electron chi connectivity index (χ3n) is 10.1. The molecular weight excluding hydrogens is 577 g/mol. The maximum Gasteiger partial charge on any atom is 0.400 e. The number of carbonyl (C=O) groups excluding carboxylic acids is 1. The topological polar surface area (TPSA) is 35.5 Å². The van der Waals surface area contributed by atoms with E-state index in [9.17, 15) is 26.7 Å². The minimum Gasteiger partial charge on any atom is -0.432 e. The molecule has 236 valence electrons. The van der Waals surface area contributed by atoms with Gasteiger partial charge >= 0.3 is 12.1 Å². The highest BCUT2D eigenvalue weighted by molar-refractivity contribution is 5.91. The van der Waals surface area contributed by atoms with Crippen molar-refractivity contribution in [2.75, 3.05) is 0 Å². The first-order valence-electron chi connectivity index (χ1n) is 15.3. The van der Waals surface area contributed by atoms with E-state index >= 15 is 8.78 Å². The lowest BCUT2D eigenvalue weighted by Gasteiger charge is -2.41. The van der Waals surface area contributed by atoms with Gasteiger partial charge in [-0.25, -0.2) is 26.7 Å². The Hall–Kier alpha value is -2.78. The summed E-state index contributed by atoms with van der Waals surface area (Å²) in [6.07, 6.45) is 8.13. The third kappa shape index (κ3) is 7.31. The van der Waals surface area contributed by atoms with Gasteiger partial charge in [-0.1, -0.05) is 19.8 Å². The van der Waals surface area contributed by atoms with E-state index in [-0.39, 0.29) is 12.8 Å². The molecule has 3 saturated carbocycles. The average molecular weight is 615 g/mol. The van der Waals surface area contributed by atoms with Crippen LogP contribution < -0.4 is 9.47 Å². The van der Waals surface area contributed by atoms with Gasteiger partial charge in [0.2, 0.25) is 0 Å². The fraction of sp³-hybridized carbons (Fsp3) is 0.606. The van der Waals surface area contributed by atoms with Crippen LogP contribution >= 0.6 is 0 Å². The normalized spacial score (nSPS) is 28.4. The first-order chi connectivity index (χ1) is 20.4. The van der Waals surface area contributed by atoms with Gasteiger partial charge < -0.3 is 9.47 Å². The minimum absolute atomic E-state index is 0.234. The van der Waals surface area contributed by atoms with E-state index in [4.69, 9.17) is 4.74 Å². The van der Waals surface area contributed by atoms with E-state index in [1.165, 1.54) is 38.5 Å². The van der Waals surface area contributed by atoms with Gasteiger partial charge in [-0.15, -0.1) is 0 Å². The van der Waals surface area contributed by atoms with Crippen molar-refractivity contribution in [3.63, 3.8) is 0 Å². The van der Waals surface area contributed by atoms with Crippen molar-refractivity contribution in [1.82, 2.24) is 0 Å². The monoisotopic (exact) mass is 614 g/mol. The molecule has 0 N–H and O–H groups in total. The zero-order valence-corrected chi connectivity index (χ0v) is 24.1. The summed E-state index contributed by atoms with van der Waals surface area (Å²) in [7, 11) is 0. The van der Waals surface area contributed by atoms with Crippen molar-refractivity contribution in [1.29, 1.82) is 0 Å². The standard InChI is InChI=1S/C33H37F7O3/c1-18-2-4-19(5-3-18)20-6-8-21(9-7-20)22-10-12-23(13-11-22)33(39,40)43-25-16-26(34)30(27(35)17-25)32(41)42-24-14-28(36)31(38)29(37)15-24/h14-23H,2-13H2,1H3. The summed E-state index contributed by atoms with van der Waals surface area (Å²) >= 11 is 0. The molecule has 3 fully saturated rings. The molecule has 3 nitrogen and oxygen atoms in total. The Morgan fingerprint density at radius 3 is 1.49 bits per heavy atom. The van der Waals surface area contributed by atoms with Gasteiger partial charge in [-0.3, -0.25) is 0 Å². The van der Waals surface area contributed by atoms with Crippen molar-refractivity contribution in [3.8, 4) is 11.5 Å². The molecule has 2 aromatic rings. The molecule has 0 saturated heterocycles. The minimum atomic E-state index is -3.69. The number of alkyl halides is 2. The Kier molecular flexibility index (Phi) is 9.61. The number of esters is 1. The molecule has 3 aliphatic carbocycles. The first kappa shape index (κ1) is 31.6. The molecule has 0 amide bonds. The van der Waals surface area contributed by atoms with Crippen molar-refractivity contribution >= 4 is 5.97 Å². The summed E-state index contributed by atoms with van der Waals surface area (Å²) in [5, 5.41) is 0. The van der Waals surface area contributed by atoms with Gasteiger partial charge in [-0.05, 0) is 93.8 Å². The van der Waals surface area contributed by atoms with Crippen LogP contribution in [0.2, 0.25) is 0 Å². The predicted molar refractivity (Wildman–Crippen MR) is 145 cm³/mol. The second kappa shape index (κ2) is 13.1. The Balaban J connectivity index is 1.14. The predicted octanol–water partition coefficient (Wildman–Crippen LogP) is 10.0. The van der Waals surface area contributed by atoms with Crippen molar-refractivity contribution in [2.24, 2.45) is 35.5 Å². The average Bonchev–Trinajstić information content (AvgIpc) is 2.96. The van der Waals surface area contributed by atoms with Crippen molar-refractivity contribution in [2.45, 2.75) is 90.1 Å². The fourth-order valence-corrected chi connectivity index (χ4v) is 7.57. The number of hydrogen-bond donors (Lipinski definition) is 0. The highest BCUT2D eigenvalue weighted by atomic mass is 19.3. The van der Waals surface area contributed by atoms with Crippen LogP contribution in [-0.4, -0.2) is 12.1 Å². The largest absolute Gasteiger partial charge is 0.432 e. The number of hydrogen-bond acceptors (Lipinski definition) is 3. The lowest BCUT2D eigenvalue weighted by Crippen LogP contribution is -2.38. The third-order valence-corrected chi connectivity index (χ3v) is 10.1. The van der Waals surface area contributed by atoms with Crippen LogP contribution in [0.4, 0.5) is 30.7 Å². The quantitative estimate of drug-likeness (QED) is 0.135. The zero-order chi connectivity index (χ0) is 30.9.